The van der Waals surface area contributed by atoms with Gasteiger partial charge in [0.1, 0.15) is 6.04 Å². The molecule has 0 aliphatic carbocycles. The first-order chi connectivity index (χ1) is 10.9. The normalized spacial score (nSPS) is 18.2. The van der Waals surface area contributed by atoms with Gasteiger partial charge >= 0.3 is 6.03 Å². The summed E-state index contributed by atoms with van der Waals surface area (Å²) < 4.78 is 0. The maximum absolute atomic E-state index is 12.2. The Morgan fingerprint density at radius 3 is 2.43 bits per heavy atom. The summed E-state index contributed by atoms with van der Waals surface area (Å²) in [5.41, 5.74) is 2.49. The molecule has 1 fully saturated rings. The summed E-state index contributed by atoms with van der Waals surface area (Å²) in [7, 11) is 1.92. The third-order valence-electron chi connectivity index (χ3n) is 4.17. The minimum absolute atomic E-state index is 0.112. The predicted octanol–water partition coefficient (Wildman–Crippen LogP) is 2.92. The van der Waals surface area contributed by atoms with Crippen molar-refractivity contribution in [1.82, 2.24) is 15.1 Å². The predicted molar refractivity (Wildman–Crippen MR) is 90.9 cm³/mol. The van der Waals surface area contributed by atoms with Crippen LogP contribution in [0.25, 0.3) is 0 Å². The molecule has 0 aromatic heterocycles. The van der Waals surface area contributed by atoms with Gasteiger partial charge in [-0.2, -0.15) is 0 Å². The van der Waals surface area contributed by atoms with Crippen molar-refractivity contribution in [3.63, 3.8) is 0 Å². The van der Waals surface area contributed by atoms with Crippen molar-refractivity contribution in [2.75, 3.05) is 13.7 Å². The number of carbonyl (C=O) groups is 2. The molecule has 1 atom stereocenters. The summed E-state index contributed by atoms with van der Waals surface area (Å²) in [6.07, 6.45) is 1.57. The minimum atomic E-state index is -0.355. The van der Waals surface area contributed by atoms with Crippen molar-refractivity contribution >= 4 is 11.9 Å². The van der Waals surface area contributed by atoms with E-state index in [2.05, 4.69) is 43.4 Å². The van der Waals surface area contributed by atoms with E-state index >= 15 is 0 Å². The van der Waals surface area contributed by atoms with Gasteiger partial charge in [0, 0.05) is 6.54 Å². The maximum atomic E-state index is 12.2. The molecule has 1 N–H and O–H groups in total. The molecule has 1 aromatic rings. The number of amides is 3. The molecule has 0 bridgehead atoms. The largest absolute Gasteiger partial charge is 0.326 e. The summed E-state index contributed by atoms with van der Waals surface area (Å²) in [6, 6.07) is 7.86. The number of imide groups is 1. The topological polar surface area (TPSA) is 52.7 Å². The first-order valence-corrected chi connectivity index (χ1v) is 8.31. The van der Waals surface area contributed by atoms with Crippen LogP contribution in [-0.4, -0.2) is 41.5 Å². The molecule has 5 heteroatoms. The Bertz CT molecular complexity index is 554. The first kappa shape index (κ1) is 17.5. The van der Waals surface area contributed by atoms with E-state index in [0.717, 1.165) is 6.42 Å². The number of nitrogens with one attached hydrogen (secondary N) is 1. The van der Waals surface area contributed by atoms with Crippen molar-refractivity contribution in [2.24, 2.45) is 0 Å². The Labute approximate surface area is 138 Å². The van der Waals surface area contributed by atoms with Gasteiger partial charge < -0.3 is 5.32 Å². The molecular weight excluding hydrogens is 290 g/mol. The van der Waals surface area contributed by atoms with Crippen LogP contribution < -0.4 is 5.32 Å². The Hall–Kier alpha value is -1.88. The zero-order chi connectivity index (χ0) is 17.0. The Morgan fingerprint density at radius 1 is 1.22 bits per heavy atom. The second-order valence-electron chi connectivity index (χ2n) is 6.61. The highest BCUT2D eigenvalue weighted by atomic mass is 16.2. The fourth-order valence-corrected chi connectivity index (χ4v) is 2.81. The molecule has 5 nitrogen and oxygen atoms in total. The van der Waals surface area contributed by atoms with Crippen molar-refractivity contribution in [3.8, 4) is 0 Å². The highest BCUT2D eigenvalue weighted by Gasteiger charge is 2.37. The SMILES string of the molecule is CCC[C@@H]1NC(=O)N(CN(C)Cc2ccc(C(C)C)cc2)C1=O. The molecule has 1 aliphatic heterocycles. The van der Waals surface area contributed by atoms with Crippen molar-refractivity contribution in [3.05, 3.63) is 35.4 Å². The standard InChI is InChI=1S/C18H27N3O2/c1-5-6-16-17(22)21(18(23)19-16)12-20(4)11-14-7-9-15(10-8-14)13(2)3/h7-10,13,16H,5-6,11-12H2,1-4H3,(H,19,23)/t16-/m0/s1. The van der Waals surface area contributed by atoms with Crippen molar-refractivity contribution < 1.29 is 9.59 Å². The van der Waals surface area contributed by atoms with Gasteiger partial charge in [0.2, 0.25) is 0 Å². The monoisotopic (exact) mass is 317 g/mol. The van der Waals surface area contributed by atoms with Crippen LogP contribution in [0.3, 0.4) is 0 Å². The second-order valence-corrected chi connectivity index (χ2v) is 6.61. The zero-order valence-electron chi connectivity index (χ0n) is 14.5. The molecule has 1 saturated heterocycles. The molecule has 0 radical (unpaired) electrons. The molecule has 1 aliphatic rings. The fourth-order valence-electron chi connectivity index (χ4n) is 2.81. The average Bonchev–Trinajstić information content (AvgIpc) is 2.76. The smallest absolute Gasteiger partial charge is 0.325 e. The van der Waals surface area contributed by atoms with Crippen LogP contribution in [0.4, 0.5) is 4.79 Å². The summed E-state index contributed by atoms with van der Waals surface area (Å²) in [5, 5.41) is 2.75. The quantitative estimate of drug-likeness (QED) is 0.787. The van der Waals surface area contributed by atoms with E-state index in [-0.39, 0.29) is 18.0 Å². The summed E-state index contributed by atoms with van der Waals surface area (Å²) in [4.78, 5) is 27.5. The number of hydrogen-bond donors (Lipinski definition) is 1. The number of nitrogens with zero attached hydrogens (tertiary/aromatic N) is 2. The molecular formula is C18H27N3O2. The van der Waals surface area contributed by atoms with Gasteiger partial charge in [-0.05, 0) is 30.5 Å². The lowest BCUT2D eigenvalue weighted by atomic mass is 10.0. The van der Waals surface area contributed by atoms with E-state index in [1.54, 1.807) is 0 Å². The highest BCUT2D eigenvalue weighted by molar-refractivity contribution is 6.04. The molecule has 1 heterocycles. The first-order valence-electron chi connectivity index (χ1n) is 8.31. The van der Waals surface area contributed by atoms with E-state index in [0.29, 0.717) is 25.6 Å². The molecule has 23 heavy (non-hydrogen) atoms. The van der Waals surface area contributed by atoms with Gasteiger partial charge in [0.15, 0.2) is 0 Å². The Kier molecular flexibility index (Phi) is 5.77. The van der Waals surface area contributed by atoms with Crippen LogP contribution in [0.2, 0.25) is 0 Å². The van der Waals surface area contributed by atoms with Crippen LogP contribution in [0, 0.1) is 0 Å². The lowest BCUT2D eigenvalue weighted by molar-refractivity contribution is -0.129. The molecule has 126 valence electrons. The van der Waals surface area contributed by atoms with Crippen molar-refractivity contribution in [1.29, 1.82) is 0 Å². The summed E-state index contributed by atoms with van der Waals surface area (Å²) in [5.74, 6) is 0.405. The Morgan fingerprint density at radius 2 is 1.87 bits per heavy atom. The molecule has 2 rings (SSSR count). The second kappa shape index (κ2) is 7.59. The van der Waals surface area contributed by atoms with Gasteiger partial charge in [0.05, 0.1) is 6.67 Å². The average molecular weight is 317 g/mol. The molecule has 3 amide bonds. The number of rotatable bonds is 7. The van der Waals surface area contributed by atoms with Crippen LogP contribution in [0.5, 0.6) is 0 Å². The minimum Gasteiger partial charge on any atom is -0.326 e. The molecule has 0 saturated carbocycles. The van der Waals surface area contributed by atoms with Crippen LogP contribution in [0.15, 0.2) is 24.3 Å². The van der Waals surface area contributed by atoms with Crippen LogP contribution in [0.1, 0.15) is 50.7 Å². The molecule has 1 aromatic carbocycles. The summed E-state index contributed by atoms with van der Waals surface area (Å²) >= 11 is 0. The summed E-state index contributed by atoms with van der Waals surface area (Å²) in [6.45, 7) is 7.37. The lowest BCUT2D eigenvalue weighted by Gasteiger charge is -2.22. The lowest BCUT2D eigenvalue weighted by Crippen LogP contribution is -2.40. The zero-order valence-corrected chi connectivity index (χ0v) is 14.5. The maximum Gasteiger partial charge on any atom is 0.325 e. The third kappa shape index (κ3) is 4.32. The Balaban J connectivity index is 1.92. The number of carbonyl (C=O) groups excluding carboxylic acids is 2. The van der Waals surface area contributed by atoms with Gasteiger partial charge in [-0.3, -0.25) is 9.69 Å². The van der Waals surface area contributed by atoms with Gasteiger partial charge in [0.25, 0.3) is 5.91 Å². The van der Waals surface area contributed by atoms with E-state index in [4.69, 9.17) is 0 Å². The van der Waals surface area contributed by atoms with E-state index in [1.165, 1.54) is 16.0 Å². The van der Waals surface area contributed by atoms with Crippen LogP contribution >= 0.6 is 0 Å². The van der Waals surface area contributed by atoms with Gasteiger partial charge in [-0.15, -0.1) is 0 Å². The molecule has 0 spiro atoms. The molecule has 0 unspecified atom stereocenters. The van der Waals surface area contributed by atoms with Gasteiger partial charge in [-0.1, -0.05) is 51.5 Å². The van der Waals surface area contributed by atoms with E-state index < -0.39 is 0 Å². The fraction of sp³-hybridized carbons (Fsp3) is 0.556. The van der Waals surface area contributed by atoms with Crippen LogP contribution in [-0.2, 0) is 11.3 Å². The third-order valence-corrected chi connectivity index (χ3v) is 4.17. The van der Waals surface area contributed by atoms with E-state index in [1.807, 2.05) is 18.9 Å². The number of hydrogen-bond acceptors (Lipinski definition) is 3. The number of urea groups is 1. The van der Waals surface area contributed by atoms with E-state index in [9.17, 15) is 9.59 Å². The number of benzene rings is 1. The van der Waals surface area contributed by atoms with Crippen molar-refractivity contribution in [2.45, 2.75) is 52.1 Å². The van der Waals surface area contributed by atoms with Gasteiger partial charge in [-0.25, -0.2) is 9.69 Å². The highest BCUT2D eigenvalue weighted by Crippen LogP contribution is 2.16.